The lowest BCUT2D eigenvalue weighted by Crippen LogP contribution is -2.32. The molecular formula is C15H17BrF2N2S. The van der Waals surface area contributed by atoms with Gasteiger partial charge in [-0.15, -0.1) is 0 Å². The molecular weight excluding hydrogens is 358 g/mol. The van der Waals surface area contributed by atoms with Crippen molar-refractivity contribution in [2.24, 2.45) is 10.9 Å². The van der Waals surface area contributed by atoms with E-state index in [0.717, 1.165) is 36.6 Å². The van der Waals surface area contributed by atoms with Crippen LogP contribution in [0.1, 0.15) is 32.6 Å². The second-order valence-corrected chi connectivity index (χ2v) is 7.80. The van der Waals surface area contributed by atoms with Crippen LogP contribution in [0.25, 0.3) is 0 Å². The summed E-state index contributed by atoms with van der Waals surface area (Å²) in [6.07, 6.45) is 4.56. The summed E-state index contributed by atoms with van der Waals surface area (Å²) in [6, 6.07) is 2.30. The Bertz CT molecular complexity index is 583. The molecule has 0 atom stereocenters. The Kier molecular flexibility index (Phi) is 4.28. The number of hydrogen-bond donors (Lipinski definition) is 1. The van der Waals surface area contributed by atoms with Crippen molar-refractivity contribution in [2.45, 2.75) is 38.1 Å². The molecule has 21 heavy (non-hydrogen) atoms. The molecule has 0 bridgehead atoms. The summed E-state index contributed by atoms with van der Waals surface area (Å²) in [4.78, 5) is 4.77. The maximum absolute atomic E-state index is 13.8. The van der Waals surface area contributed by atoms with E-state index in [0.29, 0.717) is 5.17 Å². The molecule has 1 saturated carbocycles. The Hall–Kier alpha value is -0.620. The van der Waals surface area contributed by atoms with Gasteiger partial charge in [-0.2, -0.15) is 0 Å². The molecule has 0 unspecified atom stereocenters. The predicted octanol–water partition coefficient (Wildman–Crippen LogP) is 5.19. The van der Waals surface area contributed by atoms with Crippen molar-refractivity contribution in [1.82, 2.24) is 0 Å². The highest BCUT2D eigenvalue weighted by Gasteiger charge is 2.38. The normalized spacial score (nSPS) is 28.8. The number of hydrogen-bond acceptors (Lipinski definition) is 3. The van der Waals surface area contributed by atoms with Crippen LogP contribution in [0.2, 0.25) is 0 Å². The smallest absolute Gasteiger partial charge is 0.161 e. The van der Waals surface area contributed by atoms with Gasteiger partial charge in [-0.05, 0) is 53.6 Å². The van der Waals surface area contributed by atoms with Crippen LogP contribution in [0.5, 0.6) is 0 Å². The zero-order valence-electron chi connectivity index (χ0n) is 11.8. The first kappa shape index (κ1) is 15.3. The zero-order chi connectivity index (χ0) is 15.0. The van der Waals surface area contributed by atoms with E-state index in [-0.39, 0.29) is 15.7 Å². The Balaban J connectivity index is 1.76. The first-order valence-electron chi connectivity index (χ1n) is 7.12. The molecule has 1 aromatic rings. The molecule has 0 aromatic heterocycles. The molecule has 1 fully saturated rings. The van der Waals surface area contributed by atoms with E-state index in [1.165, 1.54) is 12.8 Å². The van der Waals surface area contributed by atoms with E-state index < -0.39 is 11.6 Å². The Labute approximate surface area is 135 Å². The van der Waals surface area contributed by atoms with E-state index in [1.807, 2.05) is 0 Å². The van der Waals surface area contributed by atoms with Crippen molar-refractivity contribution >= 4 is 38.5 Å². The molecule has 2 nitrogen and oxygen atoms in total. The molecule has 1 N–H and O–H groups in total. The Morgan fingerprint density at radius 1 is 1.29 bits per heavy atom. The average molecular weight is 375 g/mol. The van der Waals surface area contributed by atoms with E-state index in [2.05, 4.69) is 28.2 Å². The van der Waals surface area contributed by atoms with E-state index in [9.17, 15) is 8.78 Å². The molecule has 114 valence electrons. The molecule has 1 aliphatic carbocycles. The lowest BCUT2D eigenvalue weighted by molar-refractivity contribution is 0.273. The molecule has 1 heterocycles. The van der Waals surface area contributed by atoms with Crippen LogP contribution in [-0.4, -0.2) is 16.5 Å². The fourth-order valence-electron chi connectivity index (χ4n) is 2.84. The number of benzene rings is 1. The second kappa shape index (κ2) is 5.88. The lowest BCUT2D eigenvalue weighted by Gasteiger charge is -2.32. The van der Waals surface area contributed by atoms with Gasteiger partial charge in [0.05, 0.1) is 15.7 Å². The highest BCUT2D eigenvalue weighted by molar-refractivity contribution is 9.10. The van der Waals surface area contributed by atoms with Crippen molar-refractivity contribution in [3.8, 4) is 0 Å². The number of nitrogens with one attached hydrogen (secondary N) is 1. The summed E-state index contributed by atoms with van der Waals surface area (Å²) in [5, 5.41) is 3.64. The van der Waals surface area contributed by atoms with E-state index in [4.69, 9.17) is 4.99 Å². The van der Waals surface area contributed by atoms with Gasteiger partial charge in [-0.25, -0.2) is 8.78 Å². The largest absolute Gasteiger partial charge is 0.332 e. The van der Waals surface area contributed by atoms with Gasteiger partial charge in [0.1, 0.15) is 11.6 Å². The summed E-state index contributed by atoms with van der Waals surface area (Å²) in [5.41, 5.74) is 0.146. The third-order valence-corrected chi connectivity index (χ3v) is 6.03. The van der Waals surface area contributed by atoms with Crippen LogP contribution >= 0.6 is 27.7 Å². The van der Waals surface area contributed by atoms with E-state index >= 15 is 0 Å². The molecule has 2 aliphatic rings. The SMILES string of the molecule is CC1CCC2(CC1)CSC(Nc1cc(F)c(Br)cc1F)=N2. The van der Waals surface area contributed by atoms with Gasteiger partial charge in [0.15, 0.2) is 5.17 Å². The highest BCUT2D eigenvalue weighted by atomic mass is 79.9. The third kappa shape index (κ3) is 3.26. The fourth-order valence-corrected chi connectivity index (χ4v) is 4.35. The summed E-state index contributed by atoms with van der Waals surface area (Å²) < 4.78 is 27.5. The van der Waals surface area contributed by atoms with Crippen LogP contribution in [0.3, 0.4) is 0 Å². The van der Waals surface area contributed by atoms with Crippen molar-refractivity contribution in [3.05, 3.63) is 28.2 Å². The summed E-state index contributed by atoms with van der Waals surface area (Å²) >= 11 is 4.58. The summed E-state index contributed by atoms with van der Waals surface area (Å²) in [7, 11) is 0. The standard InChI is InChI=1S/C15H17BrF2N2S/c1-9-2-4-15(5-3-9)8-21-14(20-15)19-13-7-11(17)10(16)6-12(13)18/h6-7,9H,2-5,8H2,1H3,(H,19,20). The maximum atomic E-state index is 13.8. The minimum Gasteiger partial charge on any atom is -0.332 e. The van der Waals surface area contributed by atoms with Crippen molar-refractivity contribution in [3.63, 3.8) is 0 Å². The van der Waals surface area contributed by atoms with Gasteiger partial charge in [0.2, 0.25) is 0 Å². The Morgan fingerprint density at radius 2 is 2.00 bits per heavy atom. The van der Waals surface area contributed by atoms with Gasteiger partial charge in [0.25, 0.3) is 0 Å². The first-order chi connectivity index (χ1) is 9.97. The molecule has 1 spiro atoms. The van der Waals surface area contributed by atoms with Crippen LogP contribution < -0.4 is 5.32 Å². The Morgan fingerprint density at radius 3 is 2.71 bits per heavy atom. The number of nitrogens with zero attached hydrogens (tertiary/aromatic N) is 1. The number of halogens is 3. The minimum atomic E-state index is -0.483. The summed E-state index contributed by atoms with van der Waals surface area (Å²) in [5.74, 6) is 0.738. The molecule has 0 saturated heterocycles. The zero-order valence-corrected chi connectivity index (χ0v) is 14.2. The molecule has 1 aliphatic heterocycles. The quantitative estimate of drug-likeness (QED) is 0.683. The monoisotopic (exact) mass is 374 g/mol. The molecule has 1 aromatic carbocycles. The van der Waals surface area contributed by atoms with Crippen LogP contribution in [0.15, 0.2) is 21.6 Å². The van der Waals surface area contributed by atoms with Crippen molar-refractivity contribution in [1.29, 1.82) is 0 Å². The number of rotatable bonds is 1. The second-order valence-electron chi connectivity index (χ2n) is 5.98. The van der Waals surface area contributed by atoms with E-state index in [1.54, 1.807) is 11.8 Å². The predicted molar refractivity (Wildman–Crippen MR) is 87.9 cm³/mol. The van der Waals surface area contributed by atoms with Crippen molar-refractivity contribution in [2.75, 3.05) is 11.1 Å². The number of anilines is 1. The van der Waals surface area contributed by atoms with Crippen molar-refractivity contribution < 1.29 is 8.78 Å². The third-order valence-electron chi connectivity index (χ3n) is 4.27. The molecule has 3 rings (SSSR count). The van der Waals surface area contributed by atoms with Gasteiger partial charge in [-0.3, -0.25) is 4.99 Å². The minimum absolute atomic E-state index is 0.00386. The van der Waals surface area contributed by atoms with Gasteiger partial charge < -0.3 is 5.32 Å². The van der Waals surface area contributed by atoms with Crippen LogP contribution in [0.4, 0.5) is 14.5 Å². The average Bonchev–Trinajstić information content (AvgIpc) is 2.83. The molecule has 6 heteroatoms. The highest BCUT2D eigenvalue weighted by Crippen LogP contribution is 2.41. The van der Waals surface area contributed by atoms with Crippen LogP contribution in [-0.2, 0) is 0 Å². The fraction of sp³-hybridized carbons (Fsp3) is 0.533. The first-order valence-corrected chi connectivity index (χ1v) is 8.89. The number of amidine groups is 1. The summed E-state index contributed by atoms with van der Waals surface area (Å²) in [6.45, 7) is 2.28. The van der Waals surface area contributed by atoms with Crippen LogP contribution in [0, 0.1) is 17.6 Å². The number of aliphatic imine (C=N–C) groups is 1. The number of thioether (sulfide) groups is 1. The van der Waals surface area contributed by atoms with Gasteiger partial charge in [-0.1, -0.05) is 18.7 Å². The van der Waals surface area contributed by atoms with Gasteiger partial charge in [0, 0.05) is 11.8 Å². The van der Waals surface area contributed by atoms with Gasteiger partial charge >= 0.3 is 0 Å². The topological polar surface area (TPSA) is 24.4 Å². The maximum Gasteiger partial charge on any atom is 0.161 e. The molecule has 0 radical (unpaired) electrons. The lowest BCUT2D eigenvalue weighted by atomic mass is 9.79. The molecule has 0 amide bonds.